The standard InChI is InChI=1S/C28H31N5O2/c1-19-8-12-33(2)25(13-19)20-3-4-22-17-31-27(15-23(22)14-20)32-18-26(34)21-5-11-30-28(16-21)35-24-6-9-29-10-7-24/h3-5,8,11-17,19,24,29H,6-7,9-10,18H2,1-2H3,(H,31,32)/t19-/m0/s1. The Balaban J connectivity index is 1.26. The van der Waals surface area contributed by atoms with Crippen molar-refractivity contribution in [1.82, 2.24) is 20.2 Å². The van der Waals surface area contributed by atoms with Gasteiger partial charge in [0.25, 0.3) is 0 Å². The number of allylic oxidation sites excluding steroid dienone is 2. The number of ether oxygens (including phenoxy) is 1. The van der Waals surface area contributed by atoms with E-state index in [0.29, 0.717) is 23.2 Å². The minimum atomic E-state index is -0.0343. The summed E-state index contributed by atoms with van der Waals surface area (Å²) >= 11 is 0. The highest BCUT2D eigenvalue weighted by atomic mass is 16.5. The number of anilines is 1. The first-order valence-electron chi connectivity index (χ1n) is 12.2. The second kappa shape index (κ2) is 10.3. The maximum Gasteiger partial charge on any atom is 0.214 e. The van der Waals surface area contributed by atoms with Gasteiger partial charge in [-0.25, -0.2) is 9.97 Å². The molecule has 2 aliphatic heterocycles. The van der Waals surface area contributed by atoms with Crippen LogP contribution in [0.15, 0.2) is 67.1 Å². The predicted octanol–water partition coefficient (Wildman–Crippen LogP) is 4.49. The smallest absolute Gasteiger partial charge is 0.214 e. The largest absolute Gasteiger partial charge is 0.474 e. The molecule has 2 aliphatic rings. The number of carbonyl (C=O) groups is 1. The average molecular weight is 470 g/mol. The van der Waals surface area contributed by atoms with Gasteiger partial charge in [0, 0.05) is 48.4 Å². The molecule has 4 heterocycles. The van der Waals surface area contributed by atoms with Crippen LogP contribution in [0, 0.1) is 5.92 Å². The molecule has 0 aliphatic carbocycles. The Bertz CT molecular complexity index is 1280. The van der Waals surface area contributed by atoms with Gasteiger partial charge in [-0.3, -0.25) is 4.79 Å². The topological polar surface area (TPSA) is 79.4 Å². The van der Waals surface area contributed by atoms with Crippen molar-refractivity contribution in [2.24, 2.45) is 5.92 Å². The van der Waals surface area contributed by atoms with Gasteiger partial charge in [0.05, 0.1) is 6.54 Å². The summed E-state index contributed by atoms with van der Waals surface area (Å²) in [6.45, 7) is 4.21. The molecule has 3 aromatic rings. The molecule has 1 atom stereocenters. The number of ketones is 1. The number of benzene rings is 1. The van der Waals surface area contributed by atoms with E-state index in [4.69, 9.17) is 4.74 Å². The summed E-state index contributed by atoms with van der Waals surface area (Å²) in [6, 6.07) is 11.8. The van der Waals surface area contributed by atoms with E-state index in [2.05, 4.69) is 76.0 Å². The molecule has 0 radical (unpaired) electrons. The molecule has 7 heteroatoms. The van der Waals surface area contributed by atoms with E-state index >= 15 is 0 Å². The van der Waals surface area contributed by atoms with Crippen LogP contribution in [0.25, 0.3) is 16.5 Å². The second-order valence-electron chi connectivity index (χ2n) is 9.22. The molecule has 0 unspecified atom stereocenters. The number of carbonyl (C=O) groups excluding carboxylic acids is 1. The van der Waals surface area contributed by atoms with E-state index in [0.717, 1.165) is 42.3 Å². The van der Waals surface area contributed by atoms with Crippen molar-refractivity contribution in [2.75, 3.05) is 32.0 Å². The van der Waals surface area contributed by atoms with E-state index in [1.165, 1.54) is 5.70 Å². The normalized spacial score (nSPS) is 18.4. The minimum absolute atomic E-state index is 0.0343. The number of aromatic nitrogens is 2. The number of rotatable bonds is 7. The number of hydrogen-bond acceptors (Lipinski definition) is 7. The number of nitrogens with one attached hydrogen (secondary N) is 2. The third-order valence-corrected chi connectivity index (χ3v) is 6.49. The van der Waals surface area contributed by atoms with Gasteiger partial charge in [0.1, 0.15) is 11.9 Å². The summed E-state index contributed by atoms with van der Waals surface area (Å²) in [4.78, 5) is 23.8. The third kappa shape index (κ3) is 5.52. The molecule has 0 spiro atoms. The fourth-order valence-electron chi connectivity index (χ4n) is 4.47. The Morgan fingerprint density at radius 3 is 2.86 bits per heavy atom. The van der Waals surface area contributed by atoms with Crippen LogP contribution in [-0.2, 0) is 0 Å². The lowest BCUT2D eigenvalue weighted by atomic mass is 10.0. The Morgan fingerprint density at radius 2 is 2.00 bits per heavy atom. The molecule has 1 saturated heterocycles. The molecule has 1 fully saturated rings. The van der Waals surface area contributed by atoms with Gasteiger partial charge in [-0.2, -0.15) is 0 Å². The van der Waals surface area contributed by atoms with Gasteiger partial charge in [0.15, 0.2) is 5.78 Å². The molecule has 2 N–H and O–H groups in total. The molecule has 180 valence electrons. The molecule has 0 bridgehead atoms. The van der Waals surface area contributed by atoms with E-state index in [-0.39, 0.29) is 18.4 Å². The minimum Gasteiger partial charge on any atom is -0.474 e. The first-order valence-corrected chi connectivity index (χ1v) is 12.2. The zero-order chi connectivity index (χ0) is 24.2. The molecule has 0 saturated carbocycles. The fourth-order valence-corrected chi connectivity index (χ4v) is 4.47. The van der Waals surface area contributed by atoms with Crippen molar-refractivity contribution in [2.45, 2.75) is 25.9 Å². The van der Waals surface area contributed by atoms with Crippen LogP contribution in [0.5, 0.6) is 5.88 Å². The van der Waals surface area contributed by atoms with Gasteiger partial charge < -0.3 is 20.3 Å². The number of hydrogen-bond donors (Lipinski definition) is 2. The SMILES string of the molecule is C[C@H]1C=CN(C)C(c2ccc3cnc(NCC(=O)c4ccnc(OC5CCNCC5)c4)cc3c2)=C1. The van der Waals surface area contributed by atoms with Crippen LogP contribution in [0.4, 0.5) is 5.82 Å². The van der Waals surface area contributed by atoms with Gasteiger partial charge in [-0.1, -0.05) is 31.2 Å². The number of fused-ring (bicyclic) bond motifs is 1. The Hall–Kier alpha value is -3.71. The van der Waals surface area contributed by atoms with E-state index < -0.39 is 0 Å². The maximum absolute atomic E-state index is 12.9. The predicted molar refractivity (Wildman–Crippen MR) is 139 cm³/mol. The van der Waals surface area contributed by atoms with Crippen LogP contribution in [0.3, 0.4) is 0 Å². The van der Waals surface area contributed by atoms with E-state index in [9.17, 15) is 4.79 Å². The summed E-state index contributed by atoms with van der Waals surface area (Å²) in [7, 11) is 2.06. The molecule has 7 nitrogen and oxygen atoms in total. The van der Waals surface area contributed by atoms with Crippen LogP contribution in [-0.4, -0.2) is 53.4 Å². The first kappa shape index (κ1) is 23.1. The second-order valence-corrected chi connectivity index (χ2v) is 9.22. The quantitative estimate of drug-likeness (QED) is 0.494. The molecule has 2 aromatic heterocycles. The molecule has 5 rings (SSSR count). The van der Waals surface area contributed by atoms with Crippen molar-refractivity contribution in [3.05, 3.63) is 78.3 Å². The summed E-state index contributed by atoms with van der Waals surface area (Å²) in [5.74, 6) is 1.54. The maximum atomic E-state index is 12.9. The van der Waals surface area contributed by atoms with Gasteiger partial charge in [0.2, 0.25) is 5.88 Å². The van der Waals surface area contributed by atoms with Crippen LogP contribution < -0.4 is 15.4 Å². The monoisotopic (exact) mass is 469 g/mol. The molecular weight excluding hydrogens is 438 g/mol. The molecule has 35 heavy (non-hydrogen) atoms. The number of piperidine rings is 1. The third-order valence-electron chi connectivity index (χ3n) is 6.49. The molecular formula is C28H31N5O2. The zero-order valence-electron chi connectivity index (χ0n) is 20.2. The lowest BCUT2D eigenvalue weighted by molar-refractivity contribution is 0.100. The van der Waals surface area contributed by atoms with E-state index in [1.807, 2.05) is 12.3 Å². The van der Waals surface area contributed by atoms with Crippen molar-refractivity contribution in [3.63, 3.8) is 0 Å². The zero-order valence-corrected chi connectivity index (χ0v) is 20.2. The van der Waals surface area contributed by atoms with E-state index in [1.54, 1.807) is 18.3 Å². The summed E-state index contributed by atoms with van der Waals surface area (Å²) in [6.07, 6.45) is 12.0. The number of pyridine rings is 2. The summed E-state index contributed by atoms with van der Waals surface area (Å²) in [5, 5.41) is 8.64. The summed E-state index contributed by atoms with van der Waals surface area (Å²) < 4.78 is 5.98. The van der Waals surface area contributed by atoms with Crippen LogP contribution in [0.1, 0.15) is 35.7 Å². The Morgan fingerprint density at radius 1 is 1.14 bits per heavy atom. The molecule has 0 amide bonds. The summed E-state index contributed by atoms with van der Waals surface area (Å²) in [5.41, 5.74) is 2.92. The van der Waals surface area contributed by atoms with Crippen molar-refractivity contribution in [3.8, 4) is 5.88 Å². The van der Waals surface area contributed by atoms with Crippen molar-refractivity contribution >= 4 is 28.1 Å². The van der Waals surface area contributed by atoms with Gasteiger partial charge in [-0.15, -0.1) is 0 Å². The highest BCUT2D eigenvalue weighted by Crippen LogP contribution is 2.28. The Kier molecular flexibility index (Phi) is 6.77. The lowest BCUT2D eigenvalue weighted by Gasteiger charge is -2.24. The van der Waals surface area contributed by atoms with Crippen molar-refractivity contribution in [1.29, 1.82) is 0 Å². The van der Waals surface area contributed by atoms with Crippen LogP contribution in [0.2, 0.25) is 0 Å². The van der Waals surface area contributed by atoms with Crippen molar-refractivity contribution < 1.29 is 9.53 Å². The van der Waals surface area contributed by atoms with Crippen LogP contribution >= 0.6 is 0 Å². The Labute approximate surface area is 205 Å². The van der Waals surface area contributed by atoms with Gasteiger partial charge in [-0.05, 0) is 61.0 Å². The fraction of sp³-hybridized carbons (Fsp3) is 0.321. The van der Waals surface area contributed by atoms with Gasteiger partial charge >= 0.3 is 0 Å². The lowest BCUT2D eigenvalue weighted by Crippen LogP contribution is -2.34. The first-order chi connectivity index (χ1) is 17.0. The number of Topliss-reactive ketones (excluding diaryl/α,β-unsaturated/α-hetero) is 1. The molecule has 1 aromatic carbocycles. The highest BCUT2D eigenvalue weighted by Gasteiger charge is 2.16. The number of nitrogens with zero attached hydrogens (tertiary/aromatic N) is 3. The highest BCUT2D eigenvalue weighted by molar-refractivity contribution is 5.99. The average Bonchev–Trinajstić information content (AvgIpc) is 2.89.